The van der Waals surface area contributed by atoms with E-state index in [1.165, 1.54) is 4.70 Å². The molecule has 0 spiro atoms. The van der Waals surface area contributed by atoms with Crippen LogP contribution in [0.2, 0.25) is 0 Å². The average molecular weight is 812 g/mol. The summed E-state index contributed by atoms with van der Waals surface area (Å²) in [6.07, 6.45) is 0. The molecule has 0 N–H and O–H groups in total. The molecule has 0 saturated carbocycles. The van der Waals surface area contributed by atoms with Crippen molar-refractivity contribution in [3.8, 4) is 79.1 Å². The molecule has 12 rings (SSSR count). The Kier molecular flexibility index (Phi) is 8.57. The molecular formula is C55H33N5OS. The van der Waals surface area contributed by atoms with Gasteiger partial charge in [-0.15, -0.1) is 11.3 Å². The SMILES string of the molecule is c1ccc(-c2nc(-c3ccccc3)nc(-c3ccc(-c4cccc5oc6ccc(-c7ccc(-c8nc(-c9ccccc9)nc9c8sc8ccccc89)cc7)cc6c45)cc3)n2)cc1. The summed E-state index contributed by atoms with van der Waals surface area (Å²) in [5, 5.41) is 3.29. The molecule has 4 aromatic heterocycles. The Morgan fingerprint density at radius 3 is 1.50 bits per heavy atom. The molecule has 8 aromatic carbocycles. The quantitative estimate of drug-likeness (QED) is 0.160. The molecule has 12 aromatic rings. The van der Waals surface area contributed by atoms with Gasteiger partial charge in [0.2, 0.25) is 0 Å². The van der Waals surface area contributed by atoms with Crippen LogP contribution >= 0.6 is 11.3 Å². The molecular weight excluding hydrogens is 779 g/mol. The number of benzene rings is 8. The summed E-state index contributed by atoms with van der Waals surface area (Å²) >= 11 is 1.75. The maximum atomic E-state index is 6.46. The van der Waals surface area contributed by atoms with Crippen molar-refractivity contribution >= 4 is 53.6 Å². The van der Waals surface area contributed by atoms with Gasteiger partial charge in [0.1, 0.15) is 11.2 Å². The van der Waals surface area contributed by atoms with E-state index in [4.69, 9.17) is 29.3 Å². The number of hydrogen-bond donors (Lipinski definition) is 0. The molecule has 0 saturated heterocycles. The summed E-state index contributed by atoms with van der Waals surface area (Å²) in [5.41, 5.74) is 12.8. The van der Waals surface area contributed by atoms with Crippen molar-refractivity contribution in [1.82, 2.24) is 24.9 Å². The normalized spacial score (nSPS) is 11.5. The predicted octanol–water partition coefficient (Wildman–Crippen LogP) is 14.6. The van der Waals surface area contributed by atoms with Gasteiger partial charge in [0.15, 0.2) is 23.3 Å². The summed E-state index contributed by atoms with van der Waals surface area (Å²) in [5.74, 6) is 2.62. The van der Waals surface area contributed by atoms with Gasteiger partial charge in [0, 0.05) is 48.7 Å². The van der Waals surface area contributed by atoms with Gasteiger partial charge in [0.25, 0.3) is 0 Å². The smallest absolute Gasteiger partial charge is 0.164 e. The van der Waals surface area contributed by atoms with E-state index in [1.807, 2.05) is 84.9 Å². The number of furan rings is 1. The van der Waals surface area contributed by atoms with Crippen LogP contribution in [0.15, 0.2) is 205 Å². The standard InChI is InChI=1S/C55H33N5OS/c1-4-13-37(14-5-1)52-56-49(51-50(57-52)43-19-10-11-22-47(43)62-51)36-27-23-34(24-28-36)41-31-32-45-44(33-41)48-42(20-12-21-46(48)61-45)35-25-29-40(30-26-35)55-59-53(38-15-6-2-7-16-38)58-54(60-55)39-17-8-3-9-18-39/h1-33H. The molecule has 6 nitrogen and oxygen atoms in total. The summed E-state index contributed by atoms with van der Waals surface area (Å²) in [6, 6.07) is 68.7. The first-order chi connectivity index (χ1) is 30.7. The molecule has 0 atom stereocenters. The minimum atomic E-state index is 0.622. The van der Waals surface area contributed by atoms with E-state index in [-0.39, 0.29) is 0 Å². The van der Waals surface area contributed by atoms with Gasteiger partial charge >= 0.3 is 0 Å². The average Bonchev–Trinajstić information content (AvgIpc) is 3.93. The lowest BCUT2D eigenvalue weighted by molar-refractivity contribution is 0.669. The summed E-state index contributed by atoms with van der Waals surface area (Å²) in [6.45, 7) is 0. The van der Waals surface area contributed by atoms with Crippen LogP contribution in [-0.4, -0.2) is 24.9 Å². The van der Waals surface area contributed by atoms with Crippen molar-refractivity contribution < 1.29 is 4.42 Å². The topological polar surface area (TPSA) is 77.6 Å². The third-order valence-electron chi connectivity index (χ3n) is 11.4. The van der Waals surface area contributed by atoms with Gasteiger partial charge in [-0.2, -0.15) is 0 Å². The van der Waals surface area contributed by atoms with Crippen molar-refractivity contribution in [2.24, 2.45) is 0 Å². The van der Waals surface area contributed by atoms with Crippen molar-refractivity contribution in [2.75, 3.05) is 0 Å². The fraction of sp³-hybridized carbons (Fsp3) is 0. The van der Waals surface area contributed by atoms with Gasteiger partial charge in [-0.25, -0.2) is 24.9 Å². The molecule has 0 aliphatic carbocycles. The first kappa shape index (κ1) is 35.8. The number of nitrogens with zero attached hydrogens (tertiary/aromatic N) is 5. The van der Waals surface area contributed by atoms with Crippen LogP contribution in [0.5, 0.6) is 0 Å². The summed E-state index contributed by atoms with van der Waals surface area (Å²) in [7, 11) is 0. The maximum Gasteiger partial charge on any atom is 0.164 e. The van der Waals surface area contributed by atoms with Crippen LogP contribution in [0.3, 0.4) is 0 Å². The monoisotopic (exact) mass is 811 g/mol. The van der Waals surface area contributed by atoms with E-state index in [1.54, 1.807) is 11.3 Å². The maximum absolute atomic E-state index is 6.46. The van der Waals surface area contributed by atoms with E-state index >= 15 is 0 Å². The highest BCUT2D eigenvalue weighted by molar-refractivity contribution is 7.26. The summed E-state index contributed by atoms with van der Waals surface area (Å²) in [4.78, 5) is 25.0. The lowest BCUT2D eigenvalue weighted by atomic mass is 9.96. The third-order valence-corrected chi connectivity index (χ3v) is 12.6. The van der Waals surface area contributed by atoms with Crippen LogP contribution in [0.4, 0.5) is 0 Å². The van der Waals surface area contributed by atoms with E-state index in [0.717, 1.165) is 99.1 Å². The molecule has 0 amide bonds. The lowest BCUT2D eigenvalue weighted by Crippen LogP contribution is -2.00. The third kappa shape index (κ3) is 6.31. The van der Waals surface area contributed by atoms with Crippen molar-refractivity contribution in [1.29, 1.82) is 0 Å². The number of rotatable bonds is 7. The van der Waals surface area contributed by atoms with Crippen LogP contribution in [0, 0.1) is 0 Å². The molecule has 0 fully saturated rings. The minimum absolute atomic E-state index is 0.622. The first-order valence-corrected chi connectivity index (χ1v) is 21.3. The summed E-state index contributed by atoms with van der Waals surface area (Å²) < 4.78 is 8.75. The van der Waals surface area contributed by atoms with E-state index in [0.29, 0.717) is 17.5 Å². The Morgan fingerprint density at radius 1 is 0.339 bits per heavy atom. The van der Waals surface area contributed by atoms with Gasteiger partial charge < -0.3 is 4.42 Å². The highest BCUT2D eigenvalue weighted by Gasteiger charge is 2.19. The Balaban J connectivity index is 0.908. The Morgan fingerprint density at radius 2 is 0.855 bits per heavy atom. The second-order valence-corrected chi connectivity index (χ2v) is 16.3. The van der Waals surface area contributed by atoms with Crippen LogP contribution in [0.25, 0.3) is 121 Å². The van der Waals surface area contributed by atoms with E-state index in [2.05, 4.69) is 115 Å². The lowest BCUT2D eigenvalue weighted by Gasteiger charge is -2.10. The Bertz CT molecular complexity index is 3550. The molecule has 0 radical (unpaired) electrons. The minimum Gasteiger partial charge on any atom is -0.456 e. The second-order valence-electron chi connectivity index (χ2n) is 15.2. The van der Waals surface area contributed by atoms with Gasteiger partial charge in [-0.05, 0) is 46.5 Å². The molecule has 0 aliphatic heterocycles. The predicted molar refractivity (Wildman–Crippen MR) is 254 cm³/mol. The first-order valence-electron chi connectivity index (χ1n) is 20.5. The number of fused-ring (bicyclic) bond motifs is 6. The van der Waals surface area contributed by atoms with Crippen LogP contribution in [0.1, 0.15) is 0 Å². The van der Waals surface area contributed by atoms with Gasteiger partial charge in [-0.3, -0.25) is 0 Å². The molecule has 4 heterocycles. The zero-order valence-corrected chi connectivity index (χ0v) is 33.9. The van der Waals surface area contributed by atoms with E-state index in [9.17, 15) is 0 Å². The van der Waals surface area contributed by atoms with E-state index < -0.39 is 0 Å². The highest BCUT2D eigenvalue weighted by atomic mass is 32.1. The van der Waals surface area contributed by atoms with Gasteiger partial charge in [0.05, 0.1) is 15.9 Å². The number of thiophene rings is 1. The molecule has 0 aliphatic rings. The van der Waals surface area contributed by atoms with Crippen molar-refractivity contribution in [3.05, 3.63) is 200 Å². The zero-order valence-electron chi connectivity index (χ0n) is 33.1. The molecule has 62 heavy (non-hydrogen) atoms. The van der Waals surface area contributed by atoms with Crippen molar-refractivity contribution in [3.63, 3.8) is 0 Å². The second kappa shape index (κ2) is 14.9. The largest absolute Gasteiger partial charge is 0.456 e. The highest BCUT2D eigenvalue weighted by Crippen LogP contribution is 2.42. The van der Waals surface area contributed by atoms with Crippen LogP contribution < -0.4 is 0 Å². The molecule has 290 valence electrons. The number of hydrogen-bond acceptors (Lipinski definition) is 7. The fourth-order valence-corrected chi connectivity index (χ4v) is 9.46. The van der Waals surface area contributed by atoms with Gasteiger partial charge in [-0.1, -0.05) is 176 Å². The van der Waals surface area contributed by atoms with Crippen molar-refractivity contribution in [2.45, 2.75) is 0 Å². The molecule has 7 heteroatoms. The molecule has 0 unspecified atom stereocenters. The van der Waals surface area contributed by atoms with Crippen LogP contribution in [-0.2, 0) is 0 Å². The Labute approximate surface area is 360 Å². The molecule has 0 bridgehead atoms. The fourth-order valence-electron chi connectivity index (χ4n) is 8.31. The Hall–Kier alpha value is -8.13. The zero-order chi connectivity index (χ0) is 41.0. The number of aromatic nitrogens is 5.